The molecule has 1 saturated carbocycles. The first-order valence-electron chi connectivity index (χ1n) is 7.80. The van der Waals surface area contributed by atoms with Crippen molar-refractivity contribution in [2.75, 3.05) is 26.9 Å². The van der Waals surface area contributed by atoms with Crippen LogP contribution in [0.15, 0.2) is 18.2 Å². The fourth-order valence-electron chi connectivity index (χ4n) is 2.01. The van der Waals surface area contributed by atoms with Crippen molar-refractivity contribution in [3.63, 3.8) is 0 Å². The minimum Gasteiger partial charge on any atom is -0.497 e. The van der Waals surface area contributed by atoms with Gasteiger partial charge in [0.05, 0.1) is 13.7 Å². The van der Waals surface area contributed by atoms with Gasteiger partial charge in [0.15, 0.2) is 0 Å². The highest BCUT2D eigenvalue weighted by Crippen LogP contribution is 2.26. The molecule has 0 atom stereocenters. The first-order valence-corrected chi connectivity index (χ1v) is 7.80. The summed E-state index contributed by atoms with van der Waals surface area (Å²) in [5.74, 6) is 2.26. The van der Waals surface area contributed by atoms with Gasteiger partial charge in [-0.25, -0.2) is 0 Å². The third-order valence-corrected chi connectivity index (χ3v) is 3.37. The first kappa shape index (κ1) is 16.1. The third-order valence-electron chi connectivity index (χ3n) is 3.37. The SMILES string of the molecule is COc1ccc(CNC2CC2)c(OCCOCC(C)C)c1. The van der Waals surface area contributed by atoms with Gasteiger partial charge in [-0.3, -0.25) is 0 Å². The maximum atomic E-state index is 5.87. The Balaban J connectivity index is 1.84. The molecular weight excluding hydrogens is 266 g/mol. The van der Waals surface area contributed by atoms with E-state index in [1.165, 1.54) is 18.4 Å². The van der Waals surface area contributed by atoms with Crippen LogP contribution in [0.5, 0.6) is 11.5 Å². The maximum Gasteiger partial charge on any atom is 0.127 e. The fraction of sp³-hybridized carbons (Fsp3) is 0.647. The van der Waals surface area contributed by atoms with Crippen molar-refractivity contribution >= 4 is 0 Å². The summed E-state index contributed by atoms with van der Waals surface area (Å²) in [5, 5.41) is 3.52. The number of nitrogens with one attached hydrogen (secondary N) is 1. The largest absolute Gasteiger partial charge is 0.497 e. The molecule has 0 spiro atoms. The highest BCUT2D eigenvalue weighted by molar-refractivity contribution is 5.40. The first-order chi connectivity index (χ1) is 10.2. The molecule has 4 nitrogen and oxygen atoms in total. The average molecular weight is 293 g/mol. The second-order valence-electron chi connectivity index (χ2n) is 5.95. The molecule has 0 heterocycles. The molecule has 1 N–H and O–H groups in total. The van der Waals surface area contributed by atoms with Gasteiger partial charge in [0.2, 0.25) is 0 Å². The Bertz CT molecular complexity index is 430. The Labute approximate surface area is 127 Å². The highest BCUT2D eigenvalue weighted by Gasteiger charge is 2.20. The predicted octanol–water partition coefficient (Wildman–Crippen LogP) is 3.00. The minimum absolute atomic E-state index is 0.556. The molecular formula is C17H27NO3. The monoisotopic (exact) mass is 293 g/mol. The Kier molecular flexibility index (Phi) is 6.33. The summed E-state index contributed by atoms with van der Waals surface area (Å²) in [7, 11) is 1.67. The van der Waals surface area contributed by atoms with Crippen LogP contribution >= 0.6 is 0 Å². The number of benzene rings is 1. The van der Waals surface area contributed by atoms with E-state index in [4.69, 9.17) is 14.2 Å². The molecule has 0 amide bonds. The van der Waals surface area contributed by atoms with Crippen LogP contribution in [0.1, 0.15) is 32.3 Å². The number of hydrogen-bond acceptors (Lipinski definition) is 4. The van der Waals surface area contributed by atoms with Crippen LogP contribution in [-0.4, -0.2) is 33.0 Å². The van der Waals surface area contributed by atoms with E-state index in [1.807, 2.05) is 12.1 Å². The van der Waals surface area contributed by atoms with Crippen molar-refractivity contribution in [3.05, 3.63) is 23.8 Å². The van der Waals surface area contributed by atoms with E-state index in [2.05, 4.69) is 25.2 Å². The van der Waals surface area contributed by atoms with Crippen LogP contribution in [0.25, 0.3) is 0 Å². The summed E-state index contributed by atoms with van der Waals surface area (Å²) in [4.78, 5) is 0. The van der Waals surface area contributed by atoms with Crippen LogP contribution in [0, 0.1) is 5.92 Å². The minimum atomic E-state index is 0.556. The lowest BCUT2D eigenvalue weighted by Gasteiger charge is -2.14. The van der Waals surface area contributed by atoms with Crippen molar-refractivity contribution in [1.82, 2.24) is 5.32 Å². The lowest BCUT2D eigenvalue weighted by atomic mass is 10.2. The summed E-state index contributed by atoms with van der Waals surface area (Å²) in [6.45, 7) is 7.09. The van der Waals surface area contributed by atoms with E-state index in [1.54, 1.807) is 7.11 Å². The molecule has 118 valence electrons. The average Bonchev–Trinajstić information content (AvgIpc) is 3.29. The molecule has 0 radical (unpaired) electrons. The maximum absolute atomic E-state index is 5.87. The molecule has 0 aromatic heterocycles. The highest BCUT2D eigenvalue weighted by atomic mass is 16.5. The molecule has 0 bridgehead atoms. The quantitative estimate of drug-likeness (QED) is 0.673. The molecule has 1 aliphatic carbocycles. The van der Waals surface area contributed by atoms with Gasteiger partial charge < -0.3 is 19.5 Å². The van der Waals surface area contributed by atoms with E-state index in [9.17, 15) is 0 Å². The molecule has 1 aromatic carbocycles. The number of rotatable bonds is 10. The van der Waals surface area contributed by atoms with Gasteiger partial charge in [0, 0.05) is 30.8 Å². The fourth-order valence-corrected chi connectivity index (χ4v) is 2.01. The Morgan fingerprint density at radius 1 is 1.24 bits per heavy atom. The van der Waals surface area contributed by atoms with E-state index in [0.717, 1.165) is 24.7 Å². The Morgan fingerprint density at radius 2 is 2.05 bits per heavy atom. The second-order valence-corrected chi connectivity index (χ2v) is 5.95. The summed E-state index contributed by atoms with van der Waals surface area (Å²) in [6, 6.07) is 6.69. The second kappa shape index (κ2) is 8.25. The smallest absolute Gasteiger partial charge is 0.127 e. The van der Waals surface area contributed by atoms with E-state index < -0.39 is 0 Å². The van der Waals surface area contributed by atoms with Crippen LogP contribution in [0.4, 0.5) is 0 Å². The van der Waals surface area contributed by atoms with Crippen LogP contribution < -0.4 is 14.8 Å². The standard InChI is InChI=1S/C17H27NO3/c1-13(2)12-20-8-9-21-17-10-16(19-3)7-4-14(17)11-18-15-5-6-15/h4,7,10,13,15,18H,5-6,8-9,11-12H2,1-3H3. The normalized spacial score (nSPS) is 14.5. The lowest BCUT2D eigenvalue weighted by Crippen LogP contribution is -2.17. The topological polar surface area (TPSA) is 39.7 Å². The Morgan fingerprint density at radius 3 is 2.71 bits per heavy atom. The van der Waals surface area contributed by atoms with Crippen molar-refractivity contribution in [2.24, 2.45) is 5.92 Å². The zero-order valence-corrected chi connectivity index (χ0v) is 13.4. The van der Waals surface area contributed by atoms with Crippen molar-refractivity contribution in [3.8, 4) is 11.5 Å². The predicted molar refractivity (Wildman–Crippen MR) is 84.0 cm³/mol. The molecule has 0 saturated heterocycles. The third kappa shape index (κ3) is 5.94. The molecule has 0 unspecified atom stereocenters. The van der Waals surface area contributed by atoms with Crippen molar-refractivity contribution < 1.29 is 14.2 Å². The van der Waals surface area contributed by atoms with Crippen LogP contribution in [-0.2, 0) is 11.3 Å². The van der Waals surface area contributed by atoms with Gasteiger partial charge in [-0.1, -0.05) is 19.9 Å². The van der Waals surface area contributed by atoms with Crippen LogP contribution in [0.3, 0.4) is 0 Å². The molecule has 1 aromatic rings. The van der Waals surface area contributed by atoms with Crippen molar-refractivity contribution in [1.29, 1.82) is 0 Å². The van der Waals surface area contributed by atoms with Gasteiger partial charge >= 0.3 is 0 Å². The zero-order chi connectivity index (χ0) is 15.1. The number of hydrogen-bond donors (Lipinski definition) is 1. The molecule has 21 heavy (non-hydrogen) atoms. The van der Waals surface area contributed by atoms with Gasteiger partial charge in [0.1, 0.15) is 18.1 Å². The summed E-state index contributed by atoms with van der Waals surface area (Å²) in [6.07, 6.45) is 2.57. The van der Waals surface area contributed by atoms with E-state index in [0.29, 0.717) is 25.2 Å². The number of ether oxygens (including phenoxy) is 3. The molecule has 0 aliphatic heterocycles. The van der Waals surface area contributed by atoms with E-state index in [-0.39, 0.29) is 0 Å². The molecule has 2 rings (SSSR count). The molecule has 4 heteroatoms. The van der Waals surface area contributed by atoms with Gasteiger partial charge in [-0.15, -0.1) is 0 Å². The Hall–Kier alpha value is -1.26. The van der Waals surface area contributed by atoms with Gasteiger partial charge in [-0.05, 0) is 24.8 Å². The number of methoxy groups -OCH3 is 1. The summed E-state index contributed by atoms with van der Waals surface area (Å²) < 4.78 is 16.7. The molecule has 1 aliphatic rings. The summed E-state index contributed by atoms with van der Waals surface area (Å²) in [5.41, 5.74) is 1.17. The van der Waals surface area contributed by atoms with Gasteiger partial charge in [0.25, 0.3) is 0 Å². The zero-order valence-electron chi connectivity index (χ0n) is 13.4. The van der Waals surface area contributed by atoms with Crippen LogP contribution in [0.2, 0.25) is 0 Å². The lowest BCUT2D eigenvalue weighted by molar-refractivity contribution is 0.0815. The summed E-state index contributed by atoms with van der Waals surface area (Å²) >= 11 is 0. The van der Waals surface area contributed by atoms with Gasteiger partial charge in [-0.2, -0.15) is 0 Å². The molecule has 1 fully saturated rings. The van der Waals surface area contributed by atoms with E-state index >= 15 is 0 Å². The van der Waals surface area contributed by atoms with Crippen molar-refractivity contribution in [2.45, 2.75) is 39.3 Å².